The molecule has 0 bridgehead atoms. The molecule has 2 heterocycles. The number of para-hydroxylation sites is 1. The van der Waals surface area contributed by atoms with Crippen LogP contribution in [0, 0.1) is 5.92 Å². The van der Waals surface area contributed by atoms with Crippen molar-refractivity contribution >= 4 is 17.5 Å². The Balaban J connectivity index is 1.78. The minimum absolute atomic E-state index is 0.0426. The number of carbonyl (C=O) groups is 1. The third-order valence-corrected chi connectivity index (χ3v) is 4.51. The summed E-state index contributed by atoms with van der Waals surface area (Å²) in [7, 11) is 0. The molecule has 0 saturated carbocycles. The molecule has 2 atom stereocenters. The second-order valence-corrected chi connectivity index (χ2v) is 5.63. The molecule has 1 saturated heterocycles. The van der Waals surface area contributed by atoms with Gasteiger partial charge in [0.15, 0.2) is 0 Å². The van der Waals surface area contributed by atoms with Crippen LogP contribution in [0.5, 0.6) is 5.75 Å². The van der Waals surface area contributed by atoms with Crippen LogP contribution >= 0.6 is 11.6 Å². The molecular formula is C15H18ClNO2. The molecule has 19 heavy (non-hydrogen) atoms. The van der Waals surface area contributed by atoms with E-state index in [0.717, 1.165) is 37.2 Å². The van der Waals surface area contributed by atoms with Crippen molar-refractivity contribution in [3.8, 4) is 5.75 Å². The highest BCUT2D eigenvalue weighted by atomic mass is 35.5. The van der Waals surface area contributed by atoms with Gasteiger partial charge in [0.25, 0.3) is 0 Å². The number of amides is 1. The summed E-state index contributed by atoms with van der Waals surface area (Å²) in [6.07, 6.45) is 1.80. The number of nitrogens with zero attached hydrogens (tertiary/aromatic N) is 1. The highest BCUT2D eigenvalue weighted by molar-refractivity contribution is 6.18. The number of alkyl halides is 1. The molecule has 0 radical (unpaired) electrons. The third kappa shape index (κ3) is 2.44. The second kappa shape index (κ2) is 5.41. The number of carbonyl (C=O) groups excluding carboxylic acids is 1. The first-order valence-electron chi connectivity index (χ1n) is 6.86. The zero-order valence-electron chi connectivity index (χ0n) is 10.8. The largest absolute Gasteiger partial charge is 0.493 e. The van der Waals surface area contributed by atoms with E-state index >= 15 is 0 Å². The molecule has 0 aliphatic carbocycles. The quantitative estimate of drug-likeness (QED) is 0.779. The summed E-state index contributed by atoms with van der Waals surface area (Å²) in [5.41, 5.74) is 1.04. The molecule has 1 aromatic carbocycles. The standard InChI is InChI=1S/C15H18ClNO2/c16-9-11-5-7-17(10-11)15(18)13-6-8-19-14-4-2-1-3-12(13)14/h1-4,11,13H,5-10H2. The van der Waals surface area contributed by atoms with Crippen LogP contribution in [0.4, 0.5) is 0 Å². The summed E-state index contributed by atoms with van der Waals surface area (Å²) < 4.78 is 5.62. The molecule has 0 N–H and O–H groups in total. The van der Waals surface area contributed by atoms with Gasteiger partial charge >= 0.3 is 0 Å². The Morgan fingerprint density at radius 1 is 1.37 bits per heavy atom. The number of rotatable bonds is 2. The van der Waals surface area contributed by atoms with Crippen molar-refractivity contribution in [3.63, 3.8) is 0 Å². The number of hydrogen-bond donors (Lipinski definition) is 0. The summed E-state index contributed by atoms with van der Waals surface area (Å²) in [6, 6.07) is 7.87. The lowest BCUT2D eigenvalue weighted by atomic mass is 9.92. The van der Waals surface area contributed by atoms with Crippen molar-refractivity contribution in [1.82, 2.24) is 4.90 Å². The minimum atomic E-state index is -0.0426. The average Bonchev–Trinajstić information content (AvgIpc) is 2.95. The fraction of sp³-hybridized carbons (Fsp3) is 0.533. The van der Waals surface area contributed by atoms with Gasteiger partial charge in [0.1, 0.15) is 5.75 Å². The summed E-state index contributed by atoms with van der Waals surface area (Å²) in [5.74, 6) is 2.16. The van der Waals surface area contributed by atoms with E-state index in [9.17, 15) is 4.79 Å². The van der Waals surface area contributed by atoms with Gasteiger partial charge < -0.3 is 9.64 Å². The van der Waals surface area contributed by atoms with Crippen LogP contribution in [0.25, 0.3) is 0 Å². The molecule has 3 rings (SSSR count). The highest BCUT2D eigenvalue weighted by Gasteiger charge is 2.34. The maximum Gasteiger partial charge on any atom is 0.230 e. The van der Waals surface area contributed by atoms with Crippen LogP contribution in [0.3, 0.4) is 0 Å². The Morgan fingerprint density at radius 2 is 2.21 bits per heavy atom. The van der Waals surface area contributed by atoms with Crippen molar-refractivity contribution in [2.45, 2.75) is 18.8 Å². The first kappa shape index (κ1) is 12.8. The van der Waals surface area contributed by atoms with E-state index < -0.39 is 0 Å². The average molecular weight is 280 g/mol. The van der Waals surface area contributed by atoms with E-state index in [1.165, 1.54) is 0 Å². The lowest BCUT2D eigenvalue weighted by Crippen LogP contribution is -2.35. The number of likely N-dealkylation sites (tertiary alicyclic amines) is 1. The van der Waals surface area contributed by atoms with Crippen molar-refractivity contribution < 1.29 is 9.53 Å². The predicted molar refractivity (Wildman–Crippen MR) is 74.7 cm³/mol. The molecule has 2 aliphatic heterocycles. The molecule has 0 spiro atoms. The Morgan fingerprint density at radius 3 is 3.00 bits per heavy atom. The zero-order chi connectivity index (χ0) is 13.2. The van der Waals surface area contributed by atoms with Crippen LogP contribution in [0.2, 0.25) is 0 Å². The van der Waals surface area contributed by atoms with Crippen molar-refractivity contribution in [1.29, 1.82) is 0 Å². The molecule has 1 amide bonds. The first-order chi connectivity index (χ1) is 9.29. The van der Waals surface area contributed by atoms with E-state index in [1.807, 2.05) is 29.2 Å². The first-order valence-corrected chi connectivity index (χ1v) is 7.39. The Hall–Kier alpha value is -1.22. The fourth-order valence-electron chi connectivity index (χ4n) is 2.98. The number of fused-ring (bicyclic) bond motifs is 1. The molecular weight excluding hydrogens is 262 g/mol. The van der Waals surface area contributed by atoms with Gasteiger partial charge in [-0.1, -0.05) is 18.2 Å². The Labute approximate surface area is 118 Å². The molecule has 102 valence electrons. The summed E-state index contributed by atoms with van der Waals surface area (Å²) >= 11 is 5.89. The summed E-state index contributed by atoms with van der Waals surface area (Å²) in [4.78, 5) is 14.6. The lowest BCUT2D eigenvalue weighted by Gasteiger charge is -2.28. The monoisotopic (exact) mass is 279 g/mol. The van der Waals surface area contributed by atoms with Crippen LogP contribution in [-0.4, -0.2) is 36.4 Å². The van der Waals surface area contributed by atoms with Gasteiger partial charge in [-0.3, -0.25) is 4.79 Å². The van der Waals surface area contributed by atoms with Gasteiger partial charge in [-0.05, 0) is 24.8 Å². The van der Waals surface area contributed by atoms with Crippen LogP contribution in [-0.2, 0) is 4.79 Å². The molecule has 1 aromatic rings. The van der Waals surface area contributed by atoms with Gasteiger partial charge in [-0.25, -0.2) is 0 Å². The smallest absolute Gasteiger partial charge is 0.230 e. The molecule has 2 aliphatic rings. The van der Waals surface area contributed by atoms with Gasteiger partial charge in [0.05, 0.1) is 12.5 Å². The van der Waals surface area contributed by atoms with E-state index in [2.05, 4.69) is 0 Å². The molecule has 2 unspecified atom stereocenters. The van der Waals surface area contributed by atoms with Gasteiger partial charge in [-0.15, -0.1) is 11.6 Å². The zero-order valence-corrected chi connectivity index (χ0v) is 11.6. The normalized spacial score (nSPS) is 25.8. The Kier molecular flexibility index (Phi) is 3.65. The van der Waals surface area contributed by atoms with Crippen molar-refractivity contribution in [2.24, 2.45) is 5.92 Å². The number of halogens is 1. The summed E-state index contributed by atoms with van der Waals surface area (Å²) in [5, 5.41) is 0. The van der Waals surface area contributed by atoms with Crippen LogP contribution in [0.1, 0.15) is 24.3 Å². The molecule has 0 aromatic heterocycles. The molecule has 3 nitrogen and oxygen atoms in total. The van der Waals surface area contributed by atoms with Gasteiger partial charge in [0, 0.05) is 24.5 Å². The SMILES string of the molecule is O=C(C1CCOc2ccccc21)N1CCC(CCl)C1. The molecule has 1 fully saturated rings. The van der Waals surface area contributed by atoms with E-state index in [0.29, 0.717) is 18.4 Å². The minimum Gasteiger partial charge on any atom is -0.493 e. The van der Waals surface area contributed by atoms with Crippen molar-refractivity contribution in [2.75, 3.05) is 25.6 Å². The topological polar surface area (TPSA) is 29.5 Å². The molecule has 4 heteroatoms. The number of ether oxygens (including phenoxy) is 1. The Bertz CT molecular complexity index is 477. The van der Waals surface area contributed by atoms with Gasteiger partial charge in [-0.2, -0.15) is 0 Å². The summed E-state index contributed by atoms with van der Waals surface area (Å²) in [6.45, 7) is 2.28. The lowest BCUT2D eigenvalue weighted by molar-refractivity contribution is -0.132. The predicted octanol–water partition coefficient (Wildman–Crippen LogP) is 2.64. The maximum atomic E-state index is 12.7. The van der Waals surface area contributed by atoms with E-state index in [4.69, 9.17) is 16.3 Å². The van der Waals surface area contributed by atoms with E-state index in [-0.39, 0.29) is 11.8 Å². The van der Waals surface area contributed by atoms with Crippen LogP contribution < -0.4 is 4.74 Å². The number of benzene rings is 1. The third-order valence-electron chi connectivity index (χ3n) is 4.07. The number of hydrogen-bond acceptors (Lipinski definition) is 2. The maximum absolute atomic E-state index is 12.7. The van der Waals surface area contributed by atoms with Crippen molar-refractivity contribution in [3.05, 3.63) is 29.8 Å². The fourth-order valence-corrected chi connectivity index (χ4v) is 3.23. The second-order valence-electron chi connectivity index (χ2n) is 5.32. The van der Waals surface area contributed by atoms with Crippen LogP contribution in [0.15, 0.2) is 24.3 Å². The highest BCUT2D eigenvalue weighted by Crippen LogP contribution is 2.35. The van der Waals surface area contributed by atoms with Gasteiger partial charge in [0.2, 0.25) is 5.91 Å². The van der Waals surface area contributed by atoms with E-state index in [1.54, 1.807) is 0 Å².